The van der Waals surface area contributed by atoms with E-state index in [-0.39, 0.29) is 19.9 Å². The molecule has 0 amide bonds. The molecular formula is C10H19O4P. The Hall–Kier alpha value is -0.630. The number of carbonyl (C=O) groups excluding carboxylic acids is 2. The minimum atomic E-state index is -0.237. The van der Waals surface area contributed by atoms with Crippen LogP contribution in [0.25, 0.3) is 0 Å². The molecule has 5 heteroatoms. The maximum absolute atomic E-state index is 10.9. The summed E-state index contributed by atoms with van der Waals surface area (Å²) in [4.78, 5) is 21.8. The molecule has 0 heterocycles. The summed E-state index contributed by atoms with van der Waals surface area (Å²) in [6, 6.07) is 0. The summed E-state index contributed by atoms with van der Waals surface area (Å²) in [5, 5.41) is 0. The molecule has 0 aliphatic heterocycles. The second-order valence-electron chi connectivity index (χ2n) is 3.09. The van der Waals surface area contributed by atoms with Gasteiger partial charge in [0.05, 0.1) is 14.2 Å². The molecule has 0 aromatic rings. The fourth-order valence-electron chi connectivity index (χ4n) is 1.13. The first kappa shape index (κ1) is 14.4. The summed E-state index contributed by atoms with van der Waals surface area (Å²) in [6.45, 7) is 2.08. The highest BCUT2D eigenvalue weighted by molar-refractivity contribution is 7.57. The average Bonchev–Trinajstić information content (AvgIpc) is 2.28. The molecule has 0 rings (SSSR count). The number of rotatable bonds is 7. The first-order valence-corrected chi connectivity index (χ1v) is 6.89. The molecule has 0 aromatic carbocycles. The second kappa shape index (κ2) is 8.66. The highest BCUT2D eigenvalue weighted by Gasteiger charge is 2.11. The molecule has 0 saturated carbocycles. The van der Waals surface area contributed by atoms with E-state index in [9.17, 15) is 9.59 Å². The molecule has 0 bridgehead atoms. The summed E-state index contributed by atoms with van der Waals surface area (Å²) < 4.78 is 9.14. The van der Waals surface area contributed by atoms with Gasteiger partial charge in [-0.25, -0.2) is 0 Å². The third kappa shape index (κ3) is 7.32. The molecule has 0 radical (unpaired) electrons. The largest absolute Gasteiger partial charge is 0.469 e. The van der Waals surface area contributed by atoms with Crippen molar-refractivity contribution in [3.8, 4) is 0 Å². The Labute approximate surface area is 92.1 Å². The van der Waals surface area contributed by atoms with Crippen LogP contribution in [0.1, 0.15) is 19.8 Å². The van der Waals surface area contributed by atoms with E-state index in [1.165, 1.54) is 14.2 Å². The van der Waals surface area contributed by atoms with Crippen LogP contribution in [0.5, 0.6) is 0 Å². The predicted octanol–water partition coefficient (Wildman–Crippen LogP) is 1.61. The van der Waals surface area contributed by atoms with Gasteiger partial charge in [0, 0.05) is 12.8 Å². The van der Waals surface area contributed by atoms with Crippen LogP contribution in [0.4, 0.5) is 0 Å². The maximum atomic E-state index is 10.9. The van der Waals surface area contributed by atoms with Crippen LogP contribution in [-0.4, -0.2) is 44.6 Å². The van der Waals surface area contributed by atoms with Crippen molar-refractivity contribution in [2.45, 2.75) is 19.8 Å². The summed E-state index contributed by atoms with van der Waals surface area (Å²) in [7, 11) is 2.55. The van der Waals surface area contributed by atoms with E-state index in [1.54, 1.807) is 0 Å². The lowest BCUT2D eigenvalue weighted by molar-refractivity contribution is -0.140. The molecule has 0 aliphatic rings. The molecular weight excluding hydrogens is 215 g/mol. The number of ether oxygens (including phenoxy) is 2. The lowest BCUT2D eigenvalue weighted by Crippen LogP contribution is -2.07. The molecule has 0 N–H and O–H groups in total. The summed E-state index contributed by atoms with van der Waals surface area (Å²) in [5.41, 5.74) is 0. The van der Waals surface area contributed by atoms with Gasteiger partial charge in [-0.1, -0.05) is 6.92 Å². The van der Waals surface area contributed by atoms with Gasteiger partial charge in [0.25, 0.3) is 0 Å². The molecule has 15 heavy (non-hydrogen) atoms. The van der Waals surface area contributed by atoms with E-state index < -0.39 is 0 Å². The Bertz CT molecular complexity index is 186. The molecule has 0 aliphatic carbocycles. The normalized spacial score (nSPS) is 10.1. The Balaban J connectivity index is 3.73. The van der Waals surface area contributed by atoms with Crippen LogP contribution in [0.2, 0.25) is 0 Å². The quantitative estimate of drug-likeness (QED) is 0.496. The monoisotopic (exact) mass is 234 g/mol. The van der Waals surface area contributed by atoms with E-state index >= 15 is 0 Å². The molecule has 88 valence electrons. The predicted molar refractivity (Wildman–Crippen MR) is 60.5 cm³/mol. The van der Waals surface area contributed by atoms with Crippen molar-refractivity contribution in [1.82, 2.24) is 0 Å². The van der Waals surface area contributed by atoms with Gasteiger partial charge in [-0.05, 0) is 18.5 Å². The van der Waals surface area contributed by atoms with E-state index in [4.69, 9.17) is 0 Å². The number of hydrogen-bond acceptors (Lipinski definition) is 4. The Kier molecular flexibility index (Phi) is 8.30. The molecule has 0 fully saturated rings. The van der Waals surface area contributed by atoms with Crippen molar-refractivity contribution in [3.63, 3.8) is 0 Å². The first-order valence-electron chi connectivity index (χ1n) is 5.00. The van der Waals surface area contributed by atoms with Gasteiger partial charge in [0.15, 0.2) is 0 Å². The third-order valence-corrected chi connectivity index (χ3v) is 4.77. The fourth-order valence-corrected chi connectivity index (χ4v) is 2.98. The van der Waals surface area contributed by atoms with Gasteiger partial charge in [-0.15, -0.1) is 7.92 Å². The lowest BCUT2D eigenvalue weighted by atomic mass is 10.5. The number of hydrogen-bond donors (Lipinski definition) is 0. The molecule has 0 unspecified atom stereocenters. The topological polar surface area (TPSA) is 52.6 Å². The van der Waals surface area contributed by atoms with Crippen LogP contribution < -0.4 is 0 Å². The highest BCUT2D eigenvalue weighted by atomic mass is 31.1. The summed E-state index contributed by atoms with van der Waals surface area (Å²) >= 11 is 0. The zero-order valence-electron chi connectivity index (χ0n) is 9.62. The first-order chi connectivity index (χ1) is 7.13. The van der Waals surface area contributed by atoms with Gasteiger partial charge in [0.2, 0.25) is 0 Å². The van der Waals surface area contributed by atoms with Gasteiger partial charge >= 0.3 is 11.9 Å². The van der Waals surface area contributed by atoms with Crippen molar-refractivity contribution in [2.75, 3.05) is 32.7 Å². The number of esters is 2. The Morgan fingerprint density at radius 1 is 1.00 bits per heavy atom. The lowest BCUT2D eigenvalue weighted by Gasteiger charge is -2.13. The highest BCUT2D eigenvalue weighted by Crippen LogP contribution is 2.36. The van der Waals surface area contributed by atoms with Gasteiger partial charge in [-0.3, -0.25) is 9.59 Å². The van der Waals surface area contributed by atoms with Gasteiger partial charge < -0.3 is 9.47 Å². The minimum absolute atomic E-state index is 0.172. The molecule has 0 aromatic heterocycles. The summed E-state index contributed by atoms with van der Waals surface area (Å²) in [5.74, 6) is -0.344. The van der Waals surface area contributed by atoms with Crippen molar-refractivity contribution >= 4 is 19.9 Å². The summed E-state index contributed by atoms with van der Waals surface area (Å²) in [6.07, 6.45) is 3.63. The van der Waals surface area contributed by atoms with Crippen LogP contribution in [0.15, 0.2) is 0 Å². The van der Waals surface area contributed by atoms with Crippen molar-refractivity contribution in [3.05, 3.63) is 0 Å². The van der Waals surface area contributed by atoms with E-state index in [2.05, 4.69) is 16.4 Å². The zero-order valence-corrected chi connectivity index (χ0v) is 10.5. The molecule has 0 spiro atoms. The van der Waals surface area contributed by atoms with Crippen molar-refractivity contribution in [2.24, 2.45) is 0 Å². The maximum Gasteiger partial charge on any atom is 0.305 e. The van der Waals surface area contributed by atoms with Crippen LogP contribution >= 0.6 is 7.92 Å². The molecule has 4 nitrogen and oxygen atoms in total. The Morgan fingerprint density at radius 3 is 1.67 bits per heavy atom. The zero-order chi connectivity index (χ0) is 11.7. The number of carbonyl (C=O) groups is 2. The van der Waals surface area contributed by atoms with E-state index in [0.717, 1.165) is 18.5 Å². The van der Waals surface area contributed by atoms with E-state index in [0.29, 0.717) is 12.8 Å². The fraction of sp³-hybridized carbons (Fsp3) is 0.800. The van der Waals surface area contributed by atoms with Gasteiger partial charge in [-0.2, -0.15) is 0 Å². The van der Waals surface area contributed by atoms with Crippen LogP contribution in [-0.2, 0) is 19.1 Å². The molecule has 0 atom stereocenters. The minimum Gasteiger partial charge on any atom is -0.469 e. The van der Waals surface area contributed by atoms with Gasteiger partial charge in [0.1, 0.15) is 0 Å². The van der Waals surface area contributed by atoms with Crippen LogP contribution in [0.3, 0.4) is 0 Å². The average molecular weight is 234 g/mol. The third-order valence-electron chi connectivity index (χ3n) is 2.17. The molecule has 0 saturated heterocycles. The SMILES string of the molecule is CCP(CCC(=O)OC)CCC(=O)OC. The Morgan fingerprint density at radius 2 is 1.40 bits per heavy atom. The standard InChI is InChI=1S/C10H19O4P/c1-4-15(7-5-9(11)13-2)8-6-10(12)14-3/h4-8H2,1-3H3. The number of methoxy groups -OCH3 is 2. The van der Waals surface area contributed by atoms with Crippen molar-refractivity contribution < 1.29 is 19.1 Å². The van der Waals surface area contributed by atoms with Crippen LogP contribution in [0, 0.1) is 0 Å². The smallest absolute Gasteiger partial charge is 0.305 e. The second-order valence-corrected chi connectivity index (χ2v) is 5.96. The van der Waals surface area contributed by atoms with Crippen molar-refractivity contribution in [1.29, 1.82) is 0 Å². The van der Waals surface area contributed by atoms with E-state index in [1.807, 2.05) is 0 Å².